The first kappa shape index (κ1) is 17.8. The van der Waals surface area contributed by atoms with Gasteiger partial charge in [0.05, 0.1) is 11.4 Å². The van der Waals surface area contributed by atoms with Gasteiger partial charge in [-0.2, -0.15) is 0 Å². The van der Waals surface area contributed by atoms with Crippen molar-refractivity contribution in [3.8, 4) is 11.5 Å². The van der Waals surface area contributed by atoms with Crippen molar-refractivity contribution in [3.63, 3.8) is 0 Å². The van der Waals surface area contributed by atoms with Crippen molar-refractivity contribution >= 4 is 17.1 Å². The number of hydrogen-bond acceptors (Lipinski definition) is 4. The highest BCUT2D eigenvalue weighted by Gasteiger charge is 2.15. The Morgan fingerprint density at radius 2 is 1.92 bits per heavy atom. The van der Waals surface area contributed by atoms with Crippen LogP contribution in [0.5, 0.6) is 11.5 Å². The Bertz CT molecular complexity index is 977. The molecule has 0 saturated carbocycles. The minimum atomic E-state index is -0.0961. The molecule has 1 aromatic heterocycles. The Hall–Kier alpha value is -3.02. The molecule has 136 valence electrons. The van der Waals surface area contributed by atoms with Crippen molar-refractivity contribution in [1.29, 1.82) is 0 Å². The molecule has 26 heavy (non-hydrogen) atoms. The van der Waals surface area contributed by atoms with Gasteiger partial charge in [-0.3, -0.25) is 14.5 Å². The maximum absolute atomic E-state index is 12.1. The van der Waals surface area contributed by atoms with Gasteiger partial charge in [0, 0.05) is 30.6 Å². The minimum absolute atomic E-state index is 0.0961. The van der Waals surface area contributed by atoms with Gasteiger partial charge in [0.15, 0.2) is 11.5 Å². The van der Waals surface area contributed by atoms with Gasteiger partial charge < -0.3 is 9.47 Å². The number of ether oxygens (including phenoxy) is 2. The summed E-state index contributed by atoms with van der Waals surface area (Å²) in [4.78, 5) is 16.8. The Kier molecular flexibility index (Phi) is 4.84. The summed E-state index contributed by atoms with van der Waals surface area (Å²) in [5, 5.41) is 0. The zero-order valence-corrected chi connectivity index (χ0v) is 15.6. The van der Waals surface area contributed by atoms with Gasteiger partial charge in [-0.05, 0) is 44.1 Å². The summed E-state index contributed by atoms with van der Waals surface area (Å²) < 4.78 is 14.1. The van der Waals surface area contributed by atoms with Crippen molar-refractivity contribution < 1.29 is 9.47 Å². The van der Waals surface area contributed by atoms with Crippen LogP contribution in [0.15, 0.2) is 46.7 Å². The molecule has 2 aromatic rings. The van der Waals surface area contributed by atoms with E-state index in [-0.39, 0.29) is 12.4 Å². The summed E-state index contributed by atoms with van der Waals surface area (Å²) >= 11 is 0. The van der Waals surface area contributed by atoms with Crippen molar-refractivity contribution in [3.05, 3.63) is 58.5 Å². The molecule has 0 radical (unpaired) electrons. The molecule has 6 nitrogen and oxygen atoms in total. The summed E-state index contributed by atoms with van der Waals surface area (Å²) in [6.45, 7) is 10.2. The maximum Gasteiger partial charge on any atom is 0.271 e. The number of rotatable bonds is 5. The molecule has 1 aliphatic heterocycles. The molecule has 0 aliphatic carbocycles. The lowest BCUT2D eigenvalue weighted by molar-refractivity contribution is 0.174. The Labute approximate surface area is 152 Å². The zero-order valence-electron chi connectivity index (χ0n) is 15.6. The molecular formula is C20H23N3O3. The summed E-state index contributed by atoms with van der Waals surface area (Å²) in [6, 6.07) is 5.41. The maximum atomic E-state index is 12.1. The van der Waals surface area contributed by atoms with Gasteiger partial charge in [0.1, 0.15) is 0 Å². The minimum Gasteiger partial charge on any atom is -0.454 e. The third-order valence-corrected chi connectivity index (χ3v) is 4.41. The zero-order chi connectivity index (χ0) is 18.8. The second-order valence-corrected chi connectivity index (χ2v) is 6.23. The number of aromatic nitrogens is 2. The second-order valence-electron chi connectivity index (χ2n) is 6.23. The van der Waals surface area contributed by atoms with E-state index in [4.69, 9.17) is 14.5 Å². The summed E-state index contributed by atoms with van der Waals surface area (Å²) in [5.74, 6) is 1.46. The number of aliphatic imine (C=N–C) groups is 1. The van der Waals surface area contributed by atoms with Gasteiger partial charge in [0.25, 0.3) is 5.56 Å². The van der Waals surface area contributed by atoms with Gasteiger partial charge >= 0.3 is 0 Å². The normalized spacial score (nSPS) is 13.6. The van der Waals surface area contributed by atoms with Crippen LogP contribution in [0, 0.1) is 13.8 Å². The SMILES string of the molecule is C=C(/C=C\C(CC)=Nc1cc2c(cc1C)OCO2)n1c(=O)cc(C)n1C. The molecule has 0 amide bonds. The Morgan fingerprint density at radius 1 is 1.23 bits per heavy atom. The Balaban J connectivity index is 1.88. The molecule has 3 rings (SSSR count). The fraction of sp³-hybridized carbons (Fsp3) is 0.300. The molecular weight excluding hydrogens is 330 g/mol. The average molecular weight is 353 g/mol. The molecule has 6 heteroatoms. The summed E-state index contributed by atoms with van der Waals surface area (Å²) in [5.41, 5.74) is 4.11. The first-order valence-electron chi connectivity index (χ1n) is 8.51. The van der Waals surface area contributed by atoms with Gasteiger partial charge in [-0.15, -0.1) is 0 Å². The van der Waals surface area contributed by atoms with Gasteiger partial charge in [0.2, 0.25) is 6.79 Å². The molecule has 0 unspecified atom stereocenters. The fourth-order valence-electron chi connectivity index (χ4n) is 2.78. The predicted octanol–water partition coefficient (Wildman–Crippen LogP) is 3.74. The number of allylic oxidation sites excluding steroid dienone is 3. The monoisotopic (exact) mass is 353 g/mol. The third kappa shape index (κ3) is 3.35. The Morgan fingerprint density at radius 3 is 2.54 bits per heavy atom. The molecule has 1 aliphatic rings. The van der Waals surface area contributed by atoms with E-state index in [1.165, 1.54) is 4.68 Å². The van der Waals surface area contributed by atoms with Crippen LogP contribution in [-0.2, 0) is 7.05 Å². The second kappa shape index (κ2) is 7.07. The topological polar surface area (TPSA) is 57.8 Å². The first-order chi connectivity index (χ1) is 12.4. The molecule has 0 spiro atoms. The molecule has 0 saturated heterocycles. The van der Waals surface area contributed by atoms with E-state index in [1.807, 2.05) is 52.1 Å². The van der Waals surface area contributed by atoms with E-state index in [9.17, 15) is 4.79 Å². The highest BCUT2D eigenvalue weighted by Crippen LogP contribution is 2.38. The van der Waals surface area contributed by atoms with Crippen molar-refractivity contribution in [2.45, 2.75) is 27.2 Å². The molecule has 1 aromatic carbocycles. The quantitative estimate of drug-likeness (QED) is 0.608. The fourth-order valence-corrected chi connectivity index (χ4v) is 2.78. The van der Waals surface area contributed by atoms with Crippen molar-refractivity contribution in [1.82, 2.24) is 9.36 Å². The van der Waals surface area contributed by atoms with Gasteiger partial charge in [-0.25, -0.2) is 4.68 Å². The lowest BCUT2D eigenvalue weighted by Crippen LogP contribution is -2.19. The van der Waals surface area contributed by atoms with Gasteiger partial charge in [-0.1, -0.05) is 13.5 Å². The molecule has 0 fully saturated rings. The lowest BCUT2D eigenvalue weighted by Gasteiger charge is -2.08. The number of aryl methyl sites for hydroxylation is 2. The highest BCUT2D eigenvalue weighted by atomic mass is 16.7. The number of hydrogen-bond donors (Lipinski definition) is 0. The number of fused-ring (bicyclic) bond motifs is 1. The van der Waals surface area contributed by atoms with Crippen LogP contribution in [-0.4, -0.2) is 21.9 Å². The summed E-state index contributed by atoms with van der Waals surface area (Å²) in [7, 11) is 1.83. The van der Waals surface area contributed by atoms with E-state index < -0.39 is 0 Å². The van der Waals surface area contributed by atoms with Crippen LogP contribution in [0.2, 0.25) is 0 Å². The van der Waals surface area contributed by atoms with Crippen molar-refractivity contribution in [2.24, 2.45) is 12.0 Å². The van der Waals surface area contributed by atoms with E-state index >= 15 is 0 Å². The van der Waals surface area contributed by atoms with Crippen LogP contribution in [0.1, 0.15) is 24.6 Å². The van der Waals surface area contributed by atoms with E-state index in [2.05, 4.69) is 6.58 Å². The molecule has 0 atom stereocenters. The van der Waals surface area contributed by atoms with Crippen LogP contribution >= 0.6 is 0 Å². The molecule has 0 N–H and O–H groups in total. The average Bonchev–Trinajstić information content (AvgIpc) is 3.15. The largest absolute Gasteiger partial charge is 0.454 e. The van der Waals surface area contributed by atoms with Crippen LogP contribution in [0.25, 0.3) is 5.70 Å². The highest BCUT2D eigenvalue weighted by molar-refractivity contribution is 5.98. The number of benzene rings is 1. The summed E-state index contributed by atoms with van der Waals surface area (Å²) in [6.07, 6.45) is 4.45. The first-order valence-corrected chi connectivity index (χ1v) is 8.51. The predicted molar refractivity (Wildman–Crippen MR) is 104 cm³/mol. The molecule has 2 heterocycles. The van der Waals surface area contributed by atoms with E-state index in [0.29, 0.717) is 11.4 Å². The standard InChI is InChI=1S/C20H23N3O3/c1-6-16(8-7-14(3)23-20(24)10-15(4)22(23)5)21-17-11-19-18(9-13(17)2)25-12-26-19/h7-11H,3,6,12H2,1-2,4-5H3/b8-7-,21-16?. The van der Waals surface area contributed by atoms with Crippen LogP contribution in [0.3, 0.4) is 0 Å². The van der Waals surface area contributed by atoms with E-state index in [1.54, 1.807) is 10.7 Å². The lowest BCUT2D eigenvalue weighted by atomic mass is 10.1. The van der Waals surface area contributed by atoms with Crippen LogP contribution < -0.4 is 15.0 Å². The molecule has 0 bridgehead atoms. The van der Waals surface area contributed by atoms with Crippen molar-refractivity contribution in [2.75, 3.05) is 6.79 Å². The third-order valence-electron chi connectivity index (χ3n) is 4.41. The van der Waals surface area contributed by atoms with E-state index in [0.717, 1.165) is 34.8 Å². The number of nitrogens with zero attached hydrogens (tertiary/aromatic N) is 3. The van der Waals surface area contributed by atoms with Crippen LogP contribution in [0.4, 0.5) is 5.69 Å². The smallest absolute Gasteiger partial charge is 0.271 e.